The number of esters is 1. The van der Waals surface area contributed by atoms with E-state index in [2.05, 4.69) is 22.1 Å². The normalized spacial score (nSPS) is 40.7. The molecule has 1 aromatic rings. The molecule has 5 rings (SSSR count). The highest BCUT2D eigenvalue weighted by Crippen LogP contribution is 2.39. The molecule has 69 heavy (non-hydrogen) atoms. The zero-order valence-corrected chi connectivity index (χ0v) is 42.1. The van der Waals surface area contributed by atoms with E-state index in [9.17, 15) is 29.4 Å². The summed E-state index contributed by atoms with van der Waals surface area (Å²) in [6.45, 7) is 11.8. The van der Waals surface area contributed by atoms with Crippen molar-refractivity contribution in [2.45, 2.75) is 180 Å². The fourth-order valence-corrected chi connectivity index (χ4v) is 10.4. The van der Waals surface area contributed by atoms with Crippen molar-refractivity contribution < 1.29 is 59.9 Å². The van der Waals surface area contributed by atoms with E-state index in [4.69, 9.17) is 30.5 Å². The van der Waals surface area contributed by atoms with Crippen molar-refractivity contribution in [2.24, 2.45) is 35.5 Å². The topological polar surface area (TPSA) is 202 Å². The Labute approximate surface area is 417 Å². The van der Waals surface area contributed by atoms with Gasteiger partial charge in [0.05, 0.1) is 24.4 Å². The highest BCUT2D eigenvalue weighted by atomic mass is 16.6. The Morgan fingerprint density at radius 2 is 1.75 bits per heavy atom. The summed E-state index contributed by atoms with van der Waals surface area (Å²) in [6, 6.07) is -1.48. The molecule has 15 atom stereocenters. The Hall–Kier alpha value is -4.19. The maximum atomic E-state index is 14.7. The number of methoxy groups -OCH3 is 3. The van der Waals surface area contributed by atoms with Crippen molar-refractivity contribution in [3.63, 3.8) is 0 Å². The number of aromatic nitrogens is 4. The van der Waals surface area contributed by atoms with Crippen LogP contribution in [0.5, 0.6) is 0 Å². The van der Waals surface area contributed by atoms with E-state index in [1.807, 2.05) is 58.1 Å². The van der Waals surface area contributed by atoms with Crippen LogP contribution in [0.1, 0.15) is 138 Å². The number of rotatable bonds is 7. The number of cyclic esters (lactones) is 1. The summed E-state index contributed by atoms with van der Waals surface area (Å²) in [5, 5.41) is 35.5. The summed E-state index contributed by atoms with van der Waals surface area (Å²) in [5.74, 6) is -11.2. The molecule has 2 saturated heterocycles. The van der Waals surface area contributed by atoms with Gasteiger partial charge in [-0.05, 0) is 129 Å². The van der Waals surface area contributed by atoms with Gasteiger partial charge in [-0.2, -0.15) is 0 Å². The Morgan fingerprint density at radius 1 is 0.986 bits per heavy atom. The number of carbonyl (C=O) groups is 4. The lowest BCUT2D eigenvalue weighted by Gasteiger charge is -2.42. The highest BCUT2D eigenvalue weighted by molar-refractivity contribution is 6.39. The van der Waals surface area contributed by atoms with Crippen LogP contribution in [0.3, 0.4) is 0 Å². The number of piperidine rings is 1. The Morgan fingerprint density at radius 3 is 2.43 bits per heavy atom. The van der Waals surface area contributed by atoms with Crippen LogP contribution in [0.15, 0.2) is 66.1 Å². The predicted octanol–water partition coefficient (Wildman–Crippen LogP) is 7.03. The molecule has 0 spiro atoms. The van der Waals surface area contributed by atoms with Crippen molar-refractivity contribution in [3.8, 4) is 0 Å². The maximum absolute atomic E-state index is 14.7. The molecule has 4 aliphatic rings. The molecule has 1 aromatic heterocycles. The second kappa shape index (κ2) is 25.8. The molecule has 1 saturated carbocycles. The van der Waals surface area contributed by atoms with Crippen molar-refractivity contribution in [3.05, 3.63) is 66.1 Å². The molecular weight excluding hydrogens is 883 g/mol. The lowest BCUT2D eigenvalue weighted by atomic mass is 9.77. The van der Waals surface area contributed by atoms with Crippen molar-refractivity contribution in [2.75, 3.05) is 27.9 Å². The molecule has 16 heteroatoms. The Balaban J connectivity index is 1.54. The number of ketones is 2. The van der Waals surface area contributed by atoms with Crippen LogP contribution in [0.2, 0.25) is 0 Å². The van der Waals surface area contributed by atoms with Crippen molar-refractivity contribution in [1.82, 2.24) is 25.1 Å². The van der Waals surface area contributed by atoms with Gasteiger partial charge in [0.25, 0.3) is 11.7 Å². The largest absolute Gasteiger partial charge is 0.460 e. The molecule has 1 amide bonds. The molecule has 2 bridgehead atoms. The van der Waals surface area contributed by atoms with Crippen LogP contribution in [-0.2, 0) is 42.9 Å². The van der Waals surface area contributed by atoms with E-state index in [0.29, 0.717) is 50.5 Å². The van der Waals surface area contributed by atoms with Gasteiger partial charge in [-0.3, -0.25) is 14.4 Å². The van der Waals surface area contributed by atoms with Gasteiger partial charge in [0, 0.05) is 59.4 Å². The number of hydrogen-bond donors (Lipinski definition) is 2. The Bertz CT molecular complexity index is 2220. The summed E-state index contributed by atoms with van der Waals surface area (Å²) in [5.41, 5.74) is 1.51. The lowest BCUT2D eigenvalue weighted by molar-refractivity contribution is -0.265. The molecule has 384 valence electrons. The SMILES string of the molecule is [2H]C([2H])([2H])[C@@H]1/C=C(\C)[C@@H](O)[C@@H](OC)C(=C)[C@H](C)C[C@H](C)/C=C/C=C/C=C(\C)[C@@H](OC)C[C@@H]2CC([2H])([2H])[C@@H](C)[C@@](O)(O2)C(=O)C(=O)N2CCCC[C@H]2C(=O)O[C@H]([C@H](C)C[C@@H]2CC[C@H](n3cnnn3)[C@H](OC)C2)CC1=O. The average molecular weight is 969 g/mol. The van der Waals surface area contributed by atoms with Crippen molar-refractivity contribution in [1.29, 1.82) is 0 Å². The number of ether oxygens (including phenoxy) is 5. The molecule has 1 aliphatic carbocycles. The minimum Gasteiger partial charge on any atom is -0.460 e. The number of carbonyl (C=O) groups excluding carboxylic acids is 4. The highest BCUT2D eigenvalue weighted by Gasteiger charge is 2.53. The number of Topliss-reactive ketones (excluding diaryl/α,β-unsaturated/α-hetero) is 2. The number of hydrogen-bond acceptors (Lipinski definition) is 14. The fourth-order valence-electron chi connectivity index (χ4n) is 10.4. The standard InChI is InChI=1S/C53H81N5O11/c1-32-17-13-12-14-18-33(2)45(65-9)29-41-22-20-38(7)53(64,69-41)50(61)51(62)57-24-16-15-19-43(57)52(63)68-46(36(5)27-40-21-23-42(47(28-40)66-10)58-31-54-55-56-58)30-44(59)35(4)26-37(6)48(60)49(67-11)39(8)34(3)25-32/h12-14,17-18,26,31-32,34-36,38,40-43,45-49,60,64H,8,15-16,19-25,27-30H2,1-7,9-11H3/b14-12+,17-13+,33-18+,37-26+/t32-,34-,35-,36-,38-,40+,41+,42+,43+,45+,46+,47-,48-,49+,53-/m1/s1/i4D3,20D2. The number of tetrazole rings is 1. The van der Waals surface area contributed by atoms with Gasteiger partial charge in [0.15, 0.2) is 0 Å². The second-order valence-corrected chi connectivity index (χ2v) is 19.9. The first-order valence-corrected chi connectivity index (χ1v) is 24.6. The van der Waals surface area contributed by atoms with Gasteiger partial charge in [0.2, 0.25) is 5.79 Å². The summed E-state index contributed by atoms with van der Waals surface area (Å²) >= 11 is 0. The van der Waals surface area contributed by atoms with E-state index in [1.165, 1.54) is 40.5 Å². The number of aliphatic hydroxyl groups excluding tert-OH is 1. The first-order chi connectivity index (χ1) is 34.8. The maximum Gasteiger partial charge on any atom is 0.329 e. The number of amides is 1. The van der Waals surface area contributed by atoms with E-state index < -0.39 is 103 Å². The van der Waals surface area contributed by atoms with Crippen molar-refractivity contribution >= 4 is 23.4 Å². The molecule has 3 fully saturated rings. The molecule has 0 aromatic carbocycles. The zero-order valence-electron chi connectivity index (χ0n) is 47.1. The molecule has 4 heterocycles. The molecule has 0 unspecified atom stereocenters. The van der Waals surface area contributed by atoms with E-state index in [-0.39, 0.29) is 61.3 Å². The van der Waals surface area contributed by atoms with Gasteiger partial charge in [-0.25, -0.2) is 9.48 Å². The first-order valence-electron chi connectivity index (χ1n) is 27.1. The van der Waals surface area contributed by atoms with Crippen LogP contribution < -0.4 is 0 Å². The van der Waals surface area contributed by atoms with Gasteiger partial charge < -0.3 is 38.8 Å². The monoisotopic (exact) mass is 969 g/mol. The van der Waals surface area contributed by atoms with Crippen LogP contribution >= 0.6 is 0 Å². The summed E-state index contributed by atoms with van der Waals surface area (Å²) < 4.78 is 75.0. The second-order valence-electron chi connectivity index (χ2n) is 19.9. The minimum atomic E-state index is -2.92. The smallest absolute Gasteiger partial charge is 0.329 e. The summed E-state index contributed by atoms with van der Waals surface area (Å²) in [6.07, 6.45) is 7.71. The van der Waals surface area contributed by atoms with Crippen LogP contribution in [0, 0.1) is 35.5 Å². The third-order valence-electron chi connectivity index (χ3n) is 14.8. The van der Waals surface area contributed by atoms with E-state index in [0.717, 1.165) is 10.5 Å². The molecular formula is C53H81N5O11. The minimum absolute atomic E-state index is 0.00633. The van der Waals surface area contributed by atoms with E-state index >= 15 is 0 Å². The average Bonchev–Trinajstić information content (AvgIpc) is 3.90. The van der Waals surface area contributed by atoms with Gasteiger partial charge in [0.1, 0.15) is 36.5 Å². The number of nitrogens with zero attached hydrogens (tertiary/aromatic N) is 5. The van der Waals surface area contributed by atoms with Crippen LogP contribution in [0.4, 0.5) is 0 Å². The van der Waals surface area contributed by atoms with Gasteiger partial charge >= 0.3 is 5.97 Å². The number of allylic oxidation sites excluding steroid dienone is 6. The third-order valence-corrected chi connectivity index (χ3v) is 14.8. The zero-order chi connectivity index (χ0) is 54.9. The molecule has 2 N–H and O–H groups in total. The van der Waals surface area contributed by atoms with E-state index in [1.54, 1.807) is 11.8 Å². The molecule has 16 nitrogen and oxygen atoms in total. The quantitative estimate of drug-likeness (QED) is 0.160. The lowest BCUT2D eigenvalue weighted by Crippen LogP contribution is -2.61. The fraction of sp³-hybridized carbons (Fsp3) is 0.717. The first kappa shape index (κ1) is 48.4. The molecule has 3 aliphatic heterocycles. The Kier molecular flexibility index (Phi) is 18.1. The third kappa shape index (κ3) is 14.2. The number of fused-ring (bicyclic) bond motifs is 3. The predicted molar refractivity (Wildman–Crippen MR) is 260 cm³/mol. The van der Waals surface area contributed by atoms with Crippen LogP contribution in [-0.4, -0.2) is 135 Å². The number of aliphatic hydroxyl groups is 2. The summed E-state index contributed by atoms with van der Waals surface area (Å²) in [7, 11) is 4.52. The van der Waals surface area contributed by atoms with Gasteiger partial charge in [-0.1, -0.05) is 77.6 Å². The molecule has 0 radical (unpaired) electrons. The van der Waals surface area contributed by atoms with Crippen LogP contribution in [0.25, 0.3) is 0 Å². The van der Waals surface area contributed by atoms with Gasteiger partial charge in [-0.15, -0.1) is 5.10 Å². The summed E-state index contributed by atoms with van der Waals surface area (Å²) in [4.78, 5) is 59.2.